The van der Waals surface area contributed by atoms with Gasteiger partial charge in [-0.25, -0.2) is 4.98 Å². The minimum Gasteiger partial charge on any atom is -0.389 e. The SMILES string of the molecule is OC1CN(c2nc(NCC3CC3)cc([C@H]3CCOC3)n2)C1. The van der Waals surface area contributed by atoms with Gasteiger partial charge in [0, 0.05) is 38.2 Å². The van der Waals surface area contributed by atoms with Crippen molar-refractivity contribution in [2.45, 2.75) is 31.3 Å². The van der Waals surface area contributed by atoms with Gasteiger partial charge >= 0.3 is 0 Å². The average Bonchev–Trinajstić information content (AvgIpc) is 3.13. The highest BCUT2D eigenvalue weighted by molar-refractivity contribution is 5.46. The third-order valence-electron chi connectivity index (χ3n) is 4.50. The Bertz CT molecular complexity index is 508. The molecule has 0 aromatic carbocycles. The summed E-state index contributed by atoms with van der Waals surface area (Å²) in [6, 6.07) is 2.07. The first-order valence-corrected chi connectivity index (χ1v) is 7.91. The molecule has 3 heterocycles. The highest BCUT2D eigenvalue weighted by Gasteiger charge is 2.29. The molecule has 4 rings (SSSR count). The maximum atomic E-state index is 9.48. The molecule has 21 heavy (non-hydrogen) atoms. The van der Waals surface area contributed by atoms with E-state index >= 15 is 0 Å². The number of hydrogen-bond acceptors (Lipinski definition) is 6. The summed E-state index contributed by atoms with van der Waals surface area (Å²) >= 11 is 0. The van der Waals surface area contributed by atoms with Gasteiger partial charge in [0.05, 0.1) is 18.4 Å². The molecular weight excluding hydrogens is 268 g/mol. The Kier molecular flexibility index (Phi) is 3.43. The summed E-state index contributed by atoms with van der Waals surface area (Å²) in [4.78, 5) is 11.3. The first kappa shape index (κ1) is 13.3. The van der Waals surface area contributed by atoms with Crippen LogP contribution in [0.15, 0.2) is 6.07 Å². The van der Waals surface area contributed by atoms with Crippen LogP contribution >= 0.6 is 0 Å². The van der Waals surface area contributed by atoms with Crippen LogP contribution in [-0.4, -0.2) is 54.0 Å². The number of aromatic nitrogens is 2. The zero-order chi connectivity index (χ0) is 14.2. The molecule has 1 saturated carbocycles. The van der Waals surface area contributed by atoms with E-state index in [4.69, 9.17) is 9.72 Å². The second-order valence-corrected chi connectivity index (χ2v) is 6.42. The Morgan fingerprint density at radius 2 is 2.14 bits per heavy atom. The summed E-state index contributed by atoms with van der Waals surface area (Å²) < 4.78 is 5.48. The van der Waals surface area contributed by atoms with Crippen molar-refractivity contribution in [3.63, 3.8) is 0 Å². The van der Waals surface area contributed by atoms with Gasteiger partial charge in [0.15, 0.2) is 0 Å². The van der Waals surface area contributed by atoms with Gasteiger partial charge in [-0.15, -0.1) is 0 Å². The van der Waals surface area contributed by atoms with Gasteiger partial charge < -0.3 is 20.1 Å². The van der Waals surface area contributed by atoms with Crippen LogP contribution in [0.4, 0.5) is 11.8 Å². The molecular formula is C15H22N4O2. The second-order valence-electron chi connectivity index (χ2n) is 6.42. The Balaban J connectivity index is 1.55. The Hall–Kier alpha value is -1.40. The molecule has 0 amide bonds. The standard InChI is InChI=1S/C15H22N4O2/c20-12-7-19(8-12)15-17-13(11-3-4-21-9-11)5-14(18-15)16-6-10-1-2-10/h5,10-12,20H,1-4,6-9H2,(H,16,17,18)/t11-/m0/s1. The first-order valence-electron chi connectivity index (χ1n) is 7.91. The lowest BCUT2D eigenvalue weighted by Crippen LogP contribution is -2.51. The van der Waals surface area contributed by atoms with Crippen molar-refractivity contribution >= 4 is 11.8 Å². The third-order valence-corrected chi connectivity index (χ3v) is 4.50. The normalized spacial score (nSPS) is 26.0. The highest BCUT2D eigenvalue weighted by atomic mass is 16.5. The summed E-state index contributed by atoms with van der Waals surface area (Å²) in [6.45, 7) is 3.83. The molecule has 114 valence electrons. The van der Waals surface area contributed by atoms with Crippen molar-refractivity contribution in [2.75, 3.05) is 43.1 Å². The maximum Gasteiger partial charge on any atom is 0.227 e. The first-order chi connectivity index (χ1) is 10.3. The predicted molar refractivity (Wildman–Crippen MR) is 79.6 cm³/mol. The van der Waals surface area contributed by atoms with E-state index in [1.807, 2.05) is 4.90 Å². The highest BCUT2D eigenvalue weighted by Crippen LogP contribution is 2.31. The van der Waals surface area contributed by atoms with E-state index < -0.39 is 0 Å². The quantitative estimate of drug-likeness (QED) is 0.842. The number of nitrogens with zero attached hydrogens (tertiary/aromatic N) is 3. The van der Waals surface area contributed by atoms with Crippen LogP contribution < -0.4 is 10.2 Å². The van der Waals surface area contributed by atoms with Crippen molar-refractivity contribution in [3.8, 4) is 0 Å². The molecule has 6 heteroatoms. The van der Waals surface area contributed by atoms with E-state index in [9.17, 15) is 5.11 Å². The van der Waals surface area contributed by atoms with Crippen LogP contribution in [-0.2, 0) is 4.74 Å². The molecule has 1 atom stereocenters. The number of hydrogen-bond donors (Lipinski definition) is 2. The minimum absolute atomic E-state index is 0.241. The molecule has 0 radical (unpaired) electrons. The molecule has 1 aromatic rings. The molecule has 0 unspecified atom stereocenters. The number of β-amino-alcohol motifs (C(OH)–C–C–N with tert-alkyl or cyclic N) is 1. The number of anilines is 2. The van der Waals surface area contributed by atoms with E-state index in [0.29, 0.717) is 19.0 Å². The van der Waals surface area contributed by atoms with E-state index in [0.717, 1.165) is 49.6 Å². The summed E-state index contributed by atoms with van der Waals surface area (Å²) in [5.74, 6) is 2.84. The van der Waals surface area contributed by atoms with Crippen LogP contribution in [0, 0.1) is 5.92 Å². The van der Waals surface area contributed by atoms with Crippen LogP contribution in [0.5, 0.6) is 0 Å². The Morgan fingerprint density at radius 3 is 2.81 bits per heavy atom. The van der Waals surface area contributed by atoms with Crippen LogP contribution in [0.2, 0.25) is 0 Å². The van der Waals surface area contributed by atoms with Crippen LogP contribution in [0.3, 0.4) is 0 Å². The average molecular weight is 290 g/mol. The fourth-order valence-corrected chi connectivity index (χ4v) is 2.85. The molecule has 3 aliphatic rings. The smallest absolute Gasteiger partial charge is 0.227 e. The Labute approximate surface area is 124 Å². The summed E-state index contributed by atoms with van der Waals surface area (Å²) in [7, 11) is 0. The van der Waals surface area contributed by atoms with Crippen LogP contribution in [0.25, 0.3) is 0 Å². The molecule has 3 fully saturated rings. The summed E-state index contributed by atoms with van der Waals surface area (Å²) in [5, 5.41) is 12.9. The molecule has 2 N–H and O–H groups in total. The van der Waals surface area contributed by atoms with Gasteiger partial charge in [-0.1, -0.05) is 0 Å². The largest absolute Gasteiger partial charge is 0.389 e. The molecule has 6 nitrogen and oxygen atoms in total. The molecule has 1 aromatic heterocycles. The molecule has 2 saturated heterocycles. The lowest BCUT2D eigenvalue weighted by molar-refractivity contribution is 0.140. The fraction of sp³-hybridized carbons (Fsp3) is 0.733. The van der Waals surface area contributed by atoms with Gasteiger partial charge in [0.2, 0.25) is 5.95 Å². The number of aliphatic hydroxyl groups excluding tert-OH is 1. The van der Waals surface area contributed by atoms with E-state index in [2.05, 4.69) is 16.4 Å². The predicted octanol–water partition coefficient (Wildman–Crippen LogP) is 0.983. The maximum absolute atomic E-state index is 9.48. The molecule has 0 bridgehead atoms. The van der Waals surface area contributed by atoms with Crippen molar-refractivity contribution in [1.29, 1.82) is 0 Å². The van der Waals surface area contributed by atoms with Gasteiger partial charge in [0.25, 0.3) is 0 Å². The van der Waals surface area contributed by atoms with Gasteiger partial charge in [-0.3, -0.25) is 0 Å². The van der Waals surface area contributed by atoms with Gasteiger partial charge in [0.1, 0.15) is 5.82 Å². The third kappa shape index (κ3) is 2.96. The minimum atomic E-state index is -0.241. The lowest BCUT2D eigenvalue weighted by atomic mass is 10.0. The zero-order valence-electron chi connectivity index (χ0n) is 12.2. The van der Waals surface area contributed by atoms with Crippen molar-refractivity contribution in [3.05, 3.63) is 11.8 Å². The summed E-state index contributed by atoms with van der Waals surface area (Å²) in [6.07, 6.45) is 3.44. The van der Waals surface area contributed by atoms with E-state index in [1.165, 1.54) is 12.8 Å². The lowest BCUT2D eigenvalue weighted by Gasteiger charge is -2.36. The number of nitrogens with one attached hydrogen (secondary N) is 1. The Morgan fingerprint density at radius 1 is 1.29 bits per heavy atom. The van der Waals surface area contributed by atoms with Crippen molar-refractivity contribution in [2.24, 2.45) is 5.92 Å². The van der Waals surface area contributed by atoms with Crippen molar-refractivity contribution < 1.29 is 9.84 Å². The number of rotatable bonds is 5. The molecule has 0 spiro atoms. The number of aliphatic hydroxyl groups is 1. The van der Waals surface area contributed by atoms with Crippen molar-refractivity contribution in [1.82, 2.24) is 9.97 Å². The summed E-state index contributed by atoms with van der Waals surface area (Å²) in [5.41, 5.74) is 1.07. The fourth-order valence-electron chi connectivity index (χ4n) is 2.85. The zero-order valence-corrected chi connectivity index (χ0v) is 12.2. The second kappa shape index (κ2) is 5.42. The monoisotopic (exact) mass is 290 g/mol. The van der Waals surface area contributed by atoms with E-state index in [-0.39, 0.29) is 6.10 Å². The van der Waals surface area contributed by atoms with Gasteiger partial charge in [-0.05, 0) is 25.2 Å². The van der Waals surface area contributed by atoms with E-state index in [1.54, 1.807) is 0 Å². The molecule has 1 aliphatic carbocycles. The number of ether oxygens (including phenoxy) is 1. The topological polar surface area (TPSA) is 70.5 Å². The molecule has 2 aliphatic heterocycles. The van der Waals surface area contributed by atoms with Gasteiger partial charge in [-0.2, -0.15) is 4.98 Å². The van der Waals surface area contributed by atoms with Crippen LogP contribution in [0.1, 0.15) is 30.9 Å².